The first-order valence-electron chi connectivity index (χ1n) is 6.10. The minimum absolute atomic E-state index is 0.104. The molecule has 2 N–H and O–H groups in total. The number of nitrogens with zero attached hydrogens (tertiary/aromatic N) is 1. The number of amides is 1. The van der Waals surface area contributed by atoms with E-state index in [-0.39, 0.29) is 5.91 Å². The molecule has 0 atom stereocenters. The van der Waals surface area contributed by atoms with Gasteiger partial charge >= 0.3 is 0 Å². The van der Waals surface area contributed by atoms with Gasteiger partial charge in [0.15, 0.2) is 0 Å². The number of nitrogens with one attached hydrogen (secondary N) is 2. The Hall–Kier alpha value is -0.810. The fourth-order valence-electron chi connectivity index (χ4n) is 1.45. The van der Waals surface area contributed by atoms with Crippen molar-refractivity contribution in [1.82, 2.24) is 10.2 Å². The molecule has 0 bridgehead atoms. The Morgan fingerprint density at radius 1 is 1.21 bits per heavy atom. The predicted molar refractivity (Wildman–Crippen MR) is 81.1 cm³/mol. The van der Waals surface area contributed by atoms with Gasteiger partial charge in [-0.2, -0.15) is 0 Å². The summed E-state index contributed by atoms with van der Waals surface area (Å²) >= 11 is 11.9. The first-order valence-corrected chi connectivity index (χ1v) is 6.85. The van der Waals surface area contributed by atoms with Gasteiger partial charge in [0.05, 0.1) is 15.7 Å². The molecule has 106 valence electrons. The van der Waals surface area contributed by atoms with Gasteiger partial charge in [0.1, 0.15) is 0 Å². The second kappa shape index (κ2) is 8.38. The van der Waals surface area contributed by atoms with Gasteiger partial charge in [-0.15, -0.1) is 0 Å². The van der Waals surface area contributed by atoms with E-state index in [4.69, 9.17) is 23.2 Å². The third-order valence-electron chi connectivity index (χ3n) is 2.49. The van der Waals surface area contributed by atoms with Gasteiger partial charge in [-0.1, -0.05) is 29.3 Å². The molecule has 0 spiro atoms. The summed E-state index contributed by atoms with van der Waals surface area (Å²) in [5.41, 5.74) is 0.476. The third-order valence-corrected chi connectivity index (χ3v) is 3.12. The summed E-state index contributed by atoms with van der Waals surface area (Å²) in [6.07, 6.45) is 0.384. The Balaban J connectivity index is 2.32. The highest BCUT2D eigenvalue weighted by Crippen LogP contribution is 2.29. The van der Waals surface area contributed by atoms with Gasteiger partial charge in [0, 0.05) is 26.1 Å². The highest BCUT2D eigenvalue weighted by atomic mass is 35.5. The molecule has 0 unspecified atom stereocenters. The van der Waals surface area contributed by atoms with E-state index in [2.05, 4.69) is 15.5 Å². The van der Waals surface area contributed by atoms with Crippen LogP contribution in [-0.4, -0.2) is 44.5 Å². The Bertz CT molecular complexity index is 404. The van der Waals surface area contributed by atoms with Crippen molar-refractivity contribution in [2.45, 2.75) is 6.42 Å². The van der Waals surface area contributed by atoms with Crippen molar-refractivity contribution < 1.29 is 4.79 Å². The van der Waals surface area contributed by atoms with E-state index in [1.807, 2.05) is 14.1 Å². The molecule has 1 rings (SSSR count). The topological polar surface area (TPSA) is 44.4 Å². The highest BCUT2D eigenvalue weighted by molar-refractivity contribution is 6.39. The van der Waals surface area contributed by atoms with Crippen molar-refractivity contribution in [3.8, 4) is 0 Å². The number of carbonyl (C=O) groups excluding carboxylic acids is 1. The molecule has 0 saturated carbocycles. The van der Waals surface area contributed by atoms with Crippen LogP contribution in [-0.2, 0) is 4.79 Å². The third kappa shape index (κ3) is 6.25. The molecule has 0 saturated heterocycles. The second-order valence-electron chi connectivity index (χ2n) is 4.45. The minimum Gasteiger partial charge on any atom is -0.324 e. The van der Waals surface area contributed by atoms with Crippen molar-refractivity contribution in [2.24, 2.45) is 0 Å². The van der Waals surface area contributed by atoms with E-state index in [1.165, 1.54) is 0 Å². The van der Waals surface area contributed by atoms with Gasteiger partial charge in [-0.3, -0.25) is 4.79 Å². The maximum absolute atomic E-state index is 11.7. The summed E-state index contributed by atoms with van der Waals surface area (Å²) in [7, 11) is 4.02. The molecule has 0 radical (unpaired) electrons. The molecule has 0 heterocycles. The lowest BCUT2D eigenvalue weighted by atomic mass is 10.3. The smallest absolute Gasteiger partial charge is 0.225 e. The van der Waals surface area contributed by atoms with E-state index in [9.17, 15) is 4.79 Å². The molecule has 0 aromatic heterocycles. The number of hydrogen-bond acceptors (Lipinski definition) is 3. The number of benzene rings is 1. The number of rotatable bonds is 7. The Morgan fingerprint density at radius 2 is 1.84 bits per heavy atom. The summed E-state index contributed by atoms with van der Waals surface area (Å²) in [5.74, 6) is -0.104. The monoisotopic (exact) mass is 303 g/mol. The zero-order valence-corrected chi connectivity index (χ0v) is 12.7. The molecule has 0 aliphatic carbocycles. The molecule has 4 nitrogen and oxygen atoms in total. The number of para-hydroxylation sites is 1. The molecule has 0 aliphatic rings. The van der Waals surface area contributed by atoms with E-state index in [0.29, 0.717) is 28.7 Å². The summed E-state index contributed by atoms with van der Waals surface area (Å²) in [6.45, 7) is 2.42. The lowest BCUT2D eigenvalue weighted by Gasteiger charge is -2.11. The summed E-state index contributed by atoms with van der Waals surface area (Å²) < 4.78 is 0. The maximum Gasteiger partial charge on any atom is 0.225 e. The Kier molecular flexibility index (Phi) is 7.16. The molecule has 0 fully saturated rings. The number of hydrogen-bond donors (Lipinski definition) is 2. The molecule has 1 amide bonds. The molecule has 19 heavy (non-hydrogen) atoms. The van der Waals surface area contributed by atoms with Crippen LogP contribution >= 0.6 is 23.2 Å². The fourth-order valence-corrected chi connectivity index (χ4v) is 1.94. The van der Waals surface area contributed by atoms with Gasteiger partial charge in [0.25, 0.3) is 0 Å². The maximum atomic E-state index is 11.7. The highest BCUT2D eigenvalue weighted by Gasteiger charge is 2.08. The zero-order valence-electron chi connectivity index (χ0n) is 11.2. The first kappa shape index (κ1) is 16.2. The van der Waals surface area contributed by atoms with Gasteiger partial charge in [-0.05, 0) is 26.2 Å². The van der Waals surface area contributed by atoms with E-state index in [1.54, 1.807) is 18.2 Å². The SMILES string of the molecule is CN(C)CCNCCC(=O)Nc1c(Cl)cccc1Cl. The number of anilines is 1. The Morgan fingerprint density at radius 3 is 2.42 bits per heavy atom. The van der Waals surface area contributed by atoms with Crippen LogP contribution in [0.3, 0.4) is 0 Å². The normalized spacial score (nSPS) is 10.8. The minimum atomic E-state index is -0.104. The molecule has 1 aromatic carbocycles. The number of halogens is 2. The molecule has 6 heteroatoms. The predicted octanol–water partition coefficient (Wildman–Crippen LogP) is 2.47. The fraction of sp³-hybridized carbons (Fsp3) is 0.462. The average molecular weight is 304 g/mol. The van der Waals surface area contributed by atoms with E-state index in [0.717, 1.165) is 13.1 Å². The zero-order chi connectivity index (χ0) is 14.3. The van der Waals surface area contributed by atoms with Crippen LogP contribution in [0.1, 0.15) is 6.42 Å². The summed E-state index contributed by atoms with van der Waals surface area (Å²) in [6, 6.07) is 5.12. The van der Waals surface area contributed by atoms with Gasteiger partial charge < -0.3 is 15.5 Å². The first-order chi connectivity index (χ1) is 9.00. The van der Waals surface area contributed by atoms with Crippen LogP contribution in [0.15, 0.2) is 18.2 Å². The van der Waals surface area contributed by atoms with Crippen molar-refractivity contribution in [2.75, 3.05) is 39.0 Å². The van der Waals surface area contributed by atoms with Crippen molar-refractivity contribution in [3.05, 3.63) is 28.2 Å². The quantitative estimate of drug-likeness (QED) is 0.761. The van der Waals surface area contributed by atoms with Crippen molar-refractivity contribution in [3.63, 3.8) is 0 Å². The largest absolute Gasteiger partial charge is 0.324 e. The van der Waals surface area contributed by atoms with Crippen molar-refractivity contribution >= 4 is 34.8 Å². The lowest BCUT2D eigenvalue weighted by molar-refractivity contribution is -0.116. The summed E-state index contributed by atoms with van der Waals surface area (Å²) in [5, 5.41) is 6.81. The van der Waals surface area contributed by atoms with E-state index >= 15 is 0 Å². The van der Waals surface area contributed by atoms with Crippen LogP contribution in [0.2, 0.25) is 10.0 Å². The molecular formula is C13H19Cl2N3O. The number of carbonyl (C=O) groups is 1. The lowest BCUT2D eigenvalue weighted by Crippen LogP contribution is -2.29. The number of likely N-dealkylation sites (N-methyl/N-ethyl adjacent to an activating group) is 1. The van der Waals surface area contributed by atoms with Crippen molar-refractivity contribution in [1.29, 1.82) is 0 Å². The summed E-state index contributed by atoms with van der Waals surface area (Å²) in [4.78, 5) is 13.8. The van der Waals surface area contributed by atoms with E-state index < -0.39 is 0 Å². The van der Waals surface area contributed by atoms with Crippen LogP contribution in [0.5, 0.6) is 0 Å². The van der Waals surface area contributed by atoms with Crippen LogP contribution in [0.4, 0.5) is 5.69 Å². The van der Waals surface area contributed by atoms with Crippen LogP contribution < -0.4 is 10.6 Å². The van der Waals surface area contributed by atoms with Crippen LogP contribution in [0.25, 0.3) is 0 Å². The Labute approximate surface area is 124 Å². The molecule has 0 aliphatic heterocycles. The van der Waals surface area contributed by atoms with Gasteiger partial charge in [0.2, 0.25) is 5.91 Å². The van der Waals surface area contributed by atoms with Crippen LogP contribution in [0, 0.1) is 0 Å². The molecular weight excluding hydrogens is 285 g/mol. The second-order valence-corrected chi connectivity index (χ2v) is 5.26. The standard InChI is InChI=1S/C13H19Cl2N3O/c1-18(2)9-8-16-7-6-12(19)17-13-10(14)4-3-5-11(13)15/h3-5,16H,6-9H2,1-2H3,(H,17,19). The average Bonchev–Trinajstić information content (AvgIpc) is 2.33. The van der Waals surface area contributed by atoms with Gasteiger partial charge in [-0.25, -0.2) is 0 Å². The molecule has 1 aromatic rings.